The summed E-state index contributed by atoms with van der Waals surface area (Å²) >= 11 is 0. The predicted octanol–water partition coefficient (Wildman–Crippen LogP) is 4.51. The summed E-state index contributed by atoms with van der Waals surface area (Å²) in [5, 5.41) is 0. The lowest BCUT2D eigenvalue weighted by atomic mass is 9.97. The Morgan fingerprint density at radius 3 is 2.35 bits per heavy atom. The highest BCUT2D eigenvalue weighted by Gasteiger charge is 2.42. The summed E-state index contributed by atoms with van der Waals surface area (Å²) in [7, 11) is 0. The van der Waals surface area contributed by atoms with Gasteiger partial charge in [0.1, 0.15) is 5.70 Å². The Labute approximate surface area is 182 Å². The van der Waals surface area contributed by atoms with E-state index in [2.05, 4.69) is 4.98 Å². The van der Waals surface area contributed by atoms with Gasteiger partial charge in [-0.25, -0.2) is 0 Å². The molecule has 0 bridgehead atoms. The molecular weight excluding hydrogens is 386 g/mol. The van der Waals surface area contributed by atoms with Gasteiger partial charge in [-0.1, -0.05) is 48.0 Å². The smallest absolute Gasteiger partial charge is 0.278 e. The molecule has 31 heavy (non-hydrogen) atoms. The van der Waals surface area contributed by atoms with Gasteiger partial charge in [-0.3, -0.25) is 19.5 Å². The van der Waals surface area contributed by atoms with Crippen molar-refractivity contribution in [3.63, 3.8) is 0 Å². The number of carbonyl (C=O) groups excluding carboxylic acids is 2. The van der Waals surface area contributed by atoms with Gasteiger partial charge in [0.2, 0.25) is 0 Å². The maximum atomic E-state index is 13.6. The summed E-state index contributed by atoms with van der Waals surface area (Å²) in [6.07, 6.45) is 3.36. The number of aromatic nitrogens is 1. The average molecular weight is 412 g/mol. The molecule has 3 aromatic rings. The van der Waals surface area contributed by atoms with Crippen LogP contribution in [0.5, 0.6) is 0 Å². The van der Waals surface area contributed by atoms with Crippen LogP contribution >= 0.6 is 0 Å². The largest absolute Gasteiger partial charge is 0.337 e. The van der Waals surface area contributed by atoms with Crippen molar-refractivity contribution in [2.75, 3.05) is 11.4 Å². The molecule has 0 fully saturated rings. The second kappa shape index (κ2) is 8.56. The first-order valence-corrected chi connectivity index (χ1v) is 10.4. The highest BCUT2D eigenvalue weighted by molar-refractivity contribution is 6.36. The van der Waals surface area contributed by atoms with Gasteiger partial charge in [-0.2, -0.15) is 0 Å². The van der Waals surface area contributed by atoms with Crippen molar-refractivity contribution >= 4 is 23.1 Å². The monoisotopic (exact) mass is 411 g/mol. The zero-order valence-electron chi connectivity index (χ0n) is 18.0. The van der Waals surface area contributed by atoms with Gasteiger partial charge in [0.05, 0.1) is 12.1 Å². The van der Waals surface area contributed by atoms with Crippen molar-refractivity contribution < 1.29 is 9.59 Å². The van der Waals surface area contributed by atoms with Gasteiger partial charge in [0.15, 0.2) is 0 Å². The van der Waals surface area contributed by atoms with Gasteiger partial charge < -0.3 is 4.90 Å². The van der Waals surface area contributed by atoms with Crippen LogP contribution < -0.4 is 4.90 Å². The number of benzene rings is 2. The fourth-order valence-corrected chi connectivity index (χ4v) is 4.05. The number of nitrogens with zero attached hydrogens (tertiary/aromatic N) is 3. The standard InChI is InChI=1S/C26H25N3O2/c1-4-28(21-10-6-5-7-11-21)24-23(22-13-12-18(2)15-19(22)3)25(30)29(26(24)31)17-20-9-8-14-27-16-20/h5-16H,4,17H2,1-3H3. The van der Waals surface area contributed by atoms with E-state index < -0.39 is 0 Å². The van der Waals surface area contributed by atoms with Gasteiger partial charge in [0.25, 0.3) is 11.8 Å². The zero-order chi connectivity index (χ0) is 22.0. The molecule has 0 saturated carbocycles. The fraction of sp³-hybridized carbons (Fsp3) is 0.192. The molecule has 0 saturated heterocycles. The van der Waals surface area contributed by atoms with E-state index in [1.807, 2.05) is 86.3 Å². The quantitative estimate of drug-likeness (QED) is 0.560. The molecule has 2 heterocycles. The predicted molar refractivity (Wildman–Crippen MR) is 122 cm³/mol. The van der Waals surface area contributed by atoms with Gasteiger partial charge >= 0.3 is 0 Å². The van der Waals surface area contributed by atoms with Gasteiger partial charge in [-0.15, -0.1) is 0 Å². The minimum absolute atomic E-state index is 0.190. The molecule has 5 nitrogen and oxygen atoms in total. The Morgan fingerprint density at radius 1 is 0.935 bits per heavy atom. The maximum absolute atomic E-state index is 13.6. The molecule has 1 aliphatic heterocycles. The molecule has 0 unspecified atom stereocenters. The molecule has 0 N–H and O–H groups in total. The Hall–Kier alpha value is -3.73. The number of aryl methyl sites for hydroxylation is 2. The third kappa shape index (κ3) is 3.87. The number of amides is 2. The highest BCUT2D eigenvalue weighted by Crippen LogP contribution is 2.36. The molecule has 0 atom stereocenters. The normalized spacial score (nSPS) is 13.8. The molecule has 0 radical (unpaired) electrons. The van der Waals surface area contributed by atoms with E-state index in [0.29, 0.717) is 17.8 Å². The third-order valence-corrected chi connectivity index (χ3v) is 5.51. The molecule has 1 aromatic heterocycles. The van der Waals surface area contributed by atoms with E-state index in [1.54, 1.807) is 12.4 Å². The number of imide groups is 1. The number of hydrogen-bond acceptors (Lipinski definition) is 4. The van der Waals surface area contributed by atoms with Crippen molar-refractivity contribution in [2.45, 2.75) is 27.3 Å². The van der Waals surface area contributed by atoms with Crippen molar-refractivity contribution in [1.82, 2.24) is 9.88 Å². The zero-order valence-corrected chi connectivity index (χ0v) is 18.0. The van der Waals surface area contributed by atoms with Crippen LogP contribution in [0.3, 0.4) is 0 Å². The minimum atomic E-state index is -0.283. The van der Waals surface area contributed by atoms with Crippen molar-refractivity contribution in [1.29, 1.82) is 0 Å². The number of hydrogen-bond donors (Lipinski definition) is 0. The number of carbonyl (C=O) groups is 2. The molecule has 0 spiro atoms. The topological polar surface area (TPSA) is 53.5 Å². The molecule has 2 aromatic carbocycles. The maximum Gasteiger partial charge on any atom is 0.278 e. The molecule has 2 amide bonds. The Bertz CT molecular complexity index is 1150. The first kappa shape index (κ1) is 20.5. The summed E-state index contributed by atoms with van der Waals surface area (Å²) in [6.45, 7) is 6.74. The van der Waals surface area contributed by atoms with Crippen LogP contribution in [-0.4, -0.2) is 28.2 Å². The number of likely N-dealkylation sites (N-methyl/N-ethyl adjacent to an activating group) is 1. The highest BCUT2D eigenvalue weighted by atomic mass is 16.2. The summed E-state index contributed by atoms with van der Waals surface area (Å²) < 4.78 is 0. The summed E-state index contributed by atoms with van der Waals surface area (Å²) in [5.41, 5.74) is 5.46. The molecule has 156 valence electrons. The van der Waals surface area contributed by atoms with E-state index in [1.165, 1.54) is 4.90 Å². The number of para-hydroxylation sites is 1. The average Bonchev–Trinajstić information content (AvgIpc) is 3.01. The second-order valence-electron chi connectivity index (χ2n) is 7.68. The Balaban J connectivity index is 1.86. The third-order valence-electron chi connectivity index (χ3n) is 5.51. The van der Waals surface area contributed by atoms with Crippen molar-refractivity contribution in [3.8, 4) is 0 Å². The Kier molecular flexibility index (Phi) is 5.67. The van der Waals surface area contributed by atoms with Crippen molar-refractivity contribution in [3.05, 3.63) is 101 Å². The van der Waals surface area contributed by atoms with Gasteiger partial charge in [-0.05, 0) is 55.7 Å². The van der Waals surface area contributed by atoms with Crippen molar-refractivity contribution in [2.24, 2.45) is 0 Å². The summed E-state index contributed by atoms with van der Waals surface area (Å²) in [4.78, 5) is 34.6. The number of rotatable bonds is 6. The van der Waals surface area contributed by atoms with Crippen LogP contribution in [0, 0.1) is 13.8 Å². The first-order valence-electron chi connectivity index (χ1n) is 10.4. The van der Waals surface area contributed by atoms with E-state index in [9.17, 15) is 9.59 Å². The fourth-order valence-electron chi connectivity index (χ4n) is 4.05. The van der Waals surface area contributed by atoms with Crippen LogP contribution in [0.4, 0.5) is 5.69 Å². The van der Waals surface area contributed by atoms with Gasteiger partial charge in [0, 0.05) is 24.6 Å². The summed E-state index contributed by atoms with van der Waals surface area (Å²) in [6, 6.07) is 19.4. The lowest BCUT2D eigenvalue weighted by Crippen LogP contribution is -2.35. The molecule has 4 rings (SSSR count). The van der Waals surface area contributed by atoms with E-state index in [0.717, 1.165) is 27.9 Å². The van der Waals surface area contributed by atoms with Crippen LogP contribution in [0.25, 0.3) is 5.57 Å². The SMILES string of the molecule is CCN(C1=C(c2ccc(C)cc2C)C(=O)N(Cc2cccnc2)C1=O)c1ccccc1. The molecule has 1 aliphatic rings. The number of anilines is 1. The van der Waals surface area contributed by atoms with Crippen LogP contribution in [0.1, 0.15) is 29.2 Å². The molecule has 5 heteroatoms. The minimum Gasteiger partial charge on any atom is -0.337 e. The van der Waals surface area contributed by atoms with E-state index in [4.69, 9.17) is 0 Å². The first-order chi connectivity index (χ1) is 15.0. The van der Waals surface area contributed by atoms with E-state index >= 15 is 0 Å². The second-order valence-corrected chi connectivity index (χ2v) is 7.68. The lowest BCUT2D eigenvalue weighted by molar-refractivity contribution is -0.137. The summed E-state index contributed by atoms with van der Waals surface area (Å²) in [5.74, 6) is -0.556. The molecule has 0 aliphatic carbocycles. The number of pyridine rings is 1. The van der Waals surface area contributed by atoms with Crippen LogP contribution in [-0.2, 0) is 16.1 Å². The Morgan fingerprint density at radius 2 is 1.71 bits per heavy atom. The van der Waals surface area contributed by atoms with Crippen LogP contribution in [0.2, 0.25) is 0 Å². The van der Waals surface area contributed by atoms with Crippen LogP contribution in [0.15, 0.2) is 78.8 Å². The van der Waals surface area contributed by atoms with E-state index in [-0.39, 0.29) is 18.4 Å². The molecular formula is C26H25N3O2. The lowest BCUT2D eigenvalue weighted by Gasteiger charge is -2.25.